The molecule has 0 unspecified atom stereocenters. The first-order valence-electron chi connectivity index (χ1n) is 4.77. The Morgan fingerprint density at radius 2 is 2.19 bits per heavy atom. The molecular formula is C12H9N3O. The average Bonchev–Trinajstić information content (AvgIpc) is 2.28. The molecule has 16 heavy (non-hydrogen) atoms. The number of aryl methyl sites for hydroxylation is 1. The van der Waals surface area contributed by atoms with Crippen molar-refractivity contribution in [2.75, 3.05) is 0 Å². The molecule has 0 radical (unpaired) electrons. The molecule has 1 heterocycles. The van der Waals surface area contributed by atoms with Gasteiger partial charge < -0.3 is 4.98 Å². The second-order valence-corrected chi connectivity index (χ2v) is 3.41. The van der Waals surface area contributed by atoms with Crippen LogP contribution in [0.5, 0.6) is 0 Å². The van der Waals surface area contributed by atoms with Crippen LogP contribution in [0.15, 0.2) is 35.1 Å². The number of nitrogens with one attached hydrogen (secondary N) is 1. The molecule has 0 aliphatic heterocycles. The summed E-state index contributed by atoms with van der Waals surface area (Å²) in [5.74, 6) is 0.560. The number of aromatic amines is 1. The van der Waals surface area contributed by atoms with E-state index in [1.165, 1.54) is 6.07 Å². The molecule has 78 valence electrons. The van der Waals surface area contributed by atoms with Gasteiger partial charge >= 0.3 is 0 Å². The van der Waals surface area contributed by atoms with Crippen molar-refractivity contribution in [1.82, 2.24) is 9.97 Å². The van der Waals surface area contributed by atoms with Crippen LogP contribution in [-0.4, -0.2) is 9.97 Å². The highest BCUT2D eigenvalue weighted by Crippen LogP contribution is 2.16. The first-order valence-corrected chi connectivity index (χ1v) is 4.77. The van der Waals surface area contributed by atoms with Crippen molar-refractivity contribution in [3.8, 4) is 17.3 Å². The van der Waals surface area contributed by atoms with Gasteiger partial charge in [-0.1, -0.05) is 12.1 Å². The summed E-state index contributed by atoms with van der Waals surface area (Å²) in [5.41, 5.74) is 1.72. The maximum absolute atomic E-state index is 11.3. The highest BCUT2D eigenvalue weighted by atomic mass is 16.1. The molecule has 0 bridgehead atoms. The van der Waals surface area contributed by atoms with E-state index < -0.39 is 0 Å². The van der Waals surface area contributed by atoms with Gasteiger partial charge in [-0.05, 0) is 19.1 Å². The van der Waals surface area contributed by atoms with Crippen LogP contribution in [0.2, 0.25) is 0 Å². The van der Waals surface area contributed by atoms with E-state index in [0.29, 0.717) is 17.1 Å². The van der Waals surface area contributed by atoms with Crippen LogP contribution in [-0.2, 0) is 0 Å². The SMILES string of the molecule is Cc1nc(-c2cccc(C#N)c2)cc(=O)[nH]1. The van der Waals surface area contributed by atoms with Gasteiger partial charge in [0, 0.05) is 11.6 Å². The number of hydrogen-bond donors (Lipinski definition) is 1. The Bertz CT molecular complexity index is 623. The van der Waals surface area contributed by atoms with Gasteiger partial charge in [0.05, 0.1) is 17.3 Å². The zero-order valence-electron chi connectivity index (χ0n) is 8.69. The van der Waals surface area contributed by atoms with Crippen LogP contribution in [0, 0.1) is 18.3 Å². The molecule has 0 atom stereocenters. The van der Waals surface area contributed by atoms with Crippen LogP contribution >= 0.6 is 0 Å². The van der Waals surface area contributed by atoms with Crippen molar-refractivity contribution >= 4 is 0 Å². The zero-order chi connectivity index (χ0) is 11.5. The van der Waals surface area contributed by atoms with Crippen molar-refractivity contribution < 1.29 is 0 Å². The fraction of sp³-hybridized carbons (Fsp3) is 0.0833. The molecule has 4 nitrogen and oxygen atoms in total. The van der Waals surface area contributed by atoms with E-state index in [1.807, 2.05) is 6.07 Å². The summed E-state index contributed by atoms with van der Waals surface area (Å²) >= 11 is 0. The van der Waals surface area contributed by atoms with Crippen molar-refractivity contribution in [2.45, 2.75) is 6.92 Å². The molecule has 1 N–H and O–H groups in total. The summed E-state index contributed by atoms with van der Waals surface area (Å²) < 4.78 is 0. The van der Waals surface area contributed by atoms with Gasteiger partial charge in [-0.15, -0.1) is 0 Å². The molecule has 1 aromatic heterocycles. The zero-order valence-corrected chi connectivity index (χ0v) is 8.69. The fourth-order valence-corrected chi connectivity index (χ4v) is 1.48. The molecule has 0 amide bonds. The Labute approximate surface area is 92.2 Å². The first-order chi connectivity index (χ1) is 7.69. The number of aromatic nitrogens is 2. The largest absolute Gasteiger partial charge is 0.311 e. The van der Waals surface area contributed by atoms with Gasteiger partial charge in [0.1, 0.15) is 5.82 Å². The number of rotatable bonds is 1. The van der Waals surface area contributed by atoms with Crippen molar-refractivity contribution in [3.63, 3.8) is 0 Å². The van der Waals surface area contributed by atoms with Gasteiger partial charge in [0.2, 0.25) is 0 Å². The van der Waals surface area contributed by atoms with Gasteiger partial charge in [0.15, 0.2) is 0 Å². The minimum Gasteiger partial charge on any atom is -0.311 e. The minimum absolute atomic E-state index is 0.190. The Kier molecular flexibility index (Phi) is 2.52. The predicted molar refractivity (Wildman–Crippen MR) is 59.7 cm³/mol. The van der Waals surface area contributed by atoms with Crippen LogP contribution in [0.3, 0.4) is 0 Å². The quantitative estimate of drug-likeness (QED) is 0.779. The molecule has 1 aromatic carbocycles. The third-order valence-electron chi connectivity index (χ3n) is 2.15. The van der Waals surface area contributed by atoms with Gasteiger partial charge in [0.25, 0.3) is 5.56 Å². The Balaban J connectivity index is 2.59. The molecular weight excluding hydrogens is 202 g/mol. The summed E-state index contributed by atoms with van der Waals surface area (Å²) in [5, 5.41) is 8.78. The number of H-pyrrole nitrogens is 1. The van der Waals surface area contributed by atoms with Gasteiger partial charge in [-0.25, -0.2) is 4.98 Å². The normalized spacial score (nSPS) is 9.75. The molecule has 0 fully saturated rings. The lowest BCUT2D eigenvalue weighted by atomic mass is 10.1. The van der Waals surface area contributed by atoms with Gasteiger partial charge in [-0.3, -0.25) is 4.79 Å². The number of hydrogen-bond acceptors (Lipinski definition) is 3. The second kappa shape index (κ2) is 3.99. The van der Waals surface area contributed by atoms with Crippen LogP contribution < -0.4 is 5.56 Å². The predicted octanol–water partition coefficient (Wildman–Crippen LogP) is 1.62. The summed E-state index contributed by atoms with van der Waals surface area (Å²) in [6, 6.07) is 10.5. The van der Waals surface area contributed by atoms with E-state index >= 15 is 0 Å². The average molecular weight is 211 g/mol. The topological polar surface area (TPSA) is 69.5 Å². The molecule has 0 spiro atoms. The minimum atomic E-state index is -0.190. The standard InChI is InChI=1S/C12H9N3O/c1-8-14-11(6-12(16)15-8)10-4-2-3-9(5-10)7-13/h2-6H,1H3,(H,14,15,16). The van der Waals surface area contributed by atoms with E-state index in [9.17, 15) is 4.79 Å². The highest BCUT2D eigenvalue weighted by molar-refractivity contribution is 5.60. The van der Waals surface area contributed by atoms with E-state index in [-0.39, 0.29) is 5.56 Å². The number of benzene rings is 1. The van der Waals surface area contributed by atoms with Crippen molar-refractivity contribution in [1.29, 1.82) is 5.26 Å². The van der Waals surface area contributed by atoms with E-state index in [1.54, 1.807) is 25.1 Å². The molecule has 0 saturated carbocycles. The van der Waals surface area contributed by atoms with Crippen LogP contribution in [0.1, 0.15) is 11.4 Å². The lowest BCUT2D eigenvalue weighted by molar-refractivity contribution is 1.02. The third kappa shape index (κ3) is 1.98. The molecule has 0 aliphatic rings. The molecule has 4 heteroatoms. The van der Waals surface area contributed by atoms with Gasteiger partial charge in [-0.2, -0.15) is 5.26 Å². The maximum Gasteiger partial charge on any atom is 0.251 e. The van der Waals surface area contributed by atoms with E-state index in [0.717, 1.165) is 5.56 Å². The molecule has 0 aliphatic carbocycles. The molecule has 2 aromatic rings. The van der Waals surface area contributed by atoms with Crippen molar-refractivity contribution in [3.05, 3.63) is 52.1 Å². The lowest BCUT2D eigenvalue weighted by Gasteiger charge is -2.01. The Morgan fingerprint density at radius 3 is 2.88 bits per heavy atom. The Hall–Kier alpha value is -2.41. The third-order valence-corrected chi connectivity index (χ3v) is 2.15. The Morgan fingerprint density at radius 1 is 1.38 bits per heavy atom. The monoisotopic (exact) mass is 211 g/mol. The fourth-order valence-electron chi connectivity index (χ4n) is 1.48. The maximum atomic E-state index is 11.3. The van der Waals surface area contributed by atoms with Crippen molar-refractivity contribution in [2.24, 2.45) is 0 Å². The second-order valence-electron chi connectivity index (χ2n) is 3.41. The summed E-state index contributed by atoms with van der Waals surface area (Å²) in [4.78, 5) is 18.1. The summed E-state index contributed by atoms with van der Waals surface area (Å²) in [7, 11) is 0. The molecule has 2 rings (SSSR count). The lowest BCUT2D eigenvalue weighted by Crippen LogP contribution is -2.08. The smallest absolute Gasteiger partial charge is 0.251 e. The summed E-state index contributed by atoms with van der Waals surface area (Å²) in [6.07, 6.45) is 0. The van der Waals surface area contributed by atoms with Crippen LogP contribution in [0.4, 0.5) is 0 Å². The van der Waals surface area contributed by atoms with E-state index in [4.69, 9.17) is 5.26 Å². The first kappa shape index (κ1) is 10.1. The highest BCUT2D eigenvalue weighted by Gasteiger charge is 2.02. The van der Waals surface area contributed by atoms with Crippen LogP contribution in [0.25, 0.3) is 11.3 Å². The number of nitriles is 1. The summed E-state index contributed by atoms with van der Waals surface area (Å²) in [6.45, 7) is 1.72. The molecule has 0 saturated heterocycles. The number of nitrogens with zero attached hydrogens (tertiary/aromatic N) is 2. The van der Waals surface area contributed by atoms with E-state index in [2.05, 4.69) is 16.0 Å².